The molecule has 3 rings (SSSR count). The SMILES string of the molecule is CC(C)NC(=O)c1ccc(OC[C@H]2CCCN2C(=O)Cc2ccccc2F)cc1. The van der Waals surface area contributed by atoms with Gasteiger partial charge in [0.05, 0.1) is 12.5 Å². The molecule has 0 radical (unpaired) electrons. The van der Waals surface area contributed by atoms with Gasteiger partial charge in [0, 0.05) is 18.2 Å². The Hall–Kier alpha value is -2.89. The topological polar surface area (TPSA) is 58.6 Å². The number of rotatable bonds is 7. The lowest BCUT2D eigenvalue weighted by Crippen LogP contribution is -2.40. The van der Waals surface area contributed by atoms with Gasteiger partial charge in [0.1, 0.15) is 18.2 Å². The number of carbonyl (C=O) groups is 2. The van der Waals surface area contributed by atoms with Crippen LogP contribution in [0.1, 0.15) is 42.6 Å². The van der Waals surface area contributed by atoms with Gasteiger partial charge in [-0.25, -0.2) is 4.39 Å². The second kappa shape index (κ2) is 9.54. The van der Waals surface area contributed by atoms with Crippen molar-refractivity contribution in [3.8, 4) is 5.75 Å². The van der Waals surface area contributed by atoms with Crippen LogP contribution >= 0.6 is 0 Å². The molecule has 154 valence electrons. The fourth-order valence-corrected chi connectivity index (χ4v) is 3.48. The predicted molar refractivity (Wildman–Crippen MR) is 109 cm³/mol. The number of nitrogens with one attached hydrogen (secondary N) is 1. The molecule has 1 fully saturated rings. The highest BCUT2D eigenvalue weighted by Crippen LogP contribution is 2.21. The molecule has 2 aromatic carbocycles. The van der Waals surface area contributed by atoms with Crippen molar-refractivity contribution < 1.29 is 18.7 Å². The largest absolute Gasteiger partial charge is 0.491 e. The summed E-state index contributed by atoms with van der Waals surface area (Å²) >= 11 is 0. The van der Waals surface area contributed by atoms with E-state index in [0.29, 0.717) is 30.0 Å². The van der Waals surface area contributed by atoms with Crippen molar-refractivity contribution >= 4 is 11.8 Å². The van der Waals surface area contributed by atoms with E-state index < -0.39 is 0 Å². The molecule has 1 aliphatic rings. The summed E-state index contributed by atoms with van der Waals surface area (Å²) in [4.78, 5) is 26.4. The zero-order valence-corrected chi connectivity index (χ0v) is 16.9. The number of hydrogen-bond acceptors (Lipinski definition) is 3. The van der Waals surface area contributed by atoms with E-state index in [1.165, 1.54) is 6.07 Å². The maximum Gasteiger partial charge on any atom is 0.251 e. The van der Waals surface area contributed by atoms with Crippen molar-refractivity contribution in [3.63, 3.8) is 0 Å². The Morgan fingerprint density at radius 1 is 1.17 bits per heavy atom. The summed E-state index contributed by atoms with van der Waals surface area (Å²) < 4.78 is 19.7. The van der Waals surface area contributed by atoms with Gasteiger partial charge in [0.15, 0.2) is 0 Å². The van der Waals surface area contributed by atoms with Crippen molar-refractivity contribution in [1.29, 1.82) is 0 Å². The van der Waals surface area contributed by atoms with Crippen LogP contribution in [0.2, 0.25) is 0 Å². The number of halogens is 1. The molecule has 1 N–H and O–H groups in total. The highest BCUT2D eigenvalue weighted by molar-refractivity contribution is 5.94. The van der Waals surface area contributed by atoms with Gasteiger partial charge >= 0.3 is 0 Å². The molecule has 1 saturated heterocycles. The first-order chi connectivity index (χ1) is 13.9. The van der Waals surface area contributed by atoms with Crippen LogP contribution in [0.3, 0.4) is 0 Å². The van der Waals surface area contributed by atoms with Crippen molar-refractivity contribution in [2.24, 2.45) is 0 Å². The fraction of sp³-hybridized carbons (Fsp3) is 0.391. The molecule has 29 heavy (non-hydrogen) atoms. The normalized spacial score (nSPS) is 16.1. The third-order valence-electron chi connectivity index (χ3n) is 4.98. The minimum Gasteiger partial charge on any atom is -0.491 e. The lowest BCUT2D eigenvalue weighted by molar-refractivity contribution is -0.131. The number of carbonyl (C=O) groups excluding carboxylic acids is 2. The molecule has 1 aliphatic heterocycles. The van der Waals surface area contributed by atoms with Crippen LogP contribution in [-0.4, -0.2) is 41.9 Å². The number of benzene rings is 2. The summed E-state index contributed by atoms with van der Waals surface area (Å²) in [6.07, 6.45) is 1.83. The van der Waals surface area contributed by atoms with E-state index in [4.69, 9.17) is 4.74 Å². The van der Waals surface area contributed by atoms with Gasteiger partial charge in [-0.05, 0) is 62.6 Å². The summed E-state index contributed by atoms with van der Waals surface area (Å²) in [5, 5.41) is 2.85. The Morgan fingerprint density at radius 3 is 2.59 bits per heavy atom. The van der Waals surface area contributed by atoms with Crippen LogP contribution in [0.4, 0.5) is 4.39 Å². The summed E-state index contributed by atoms with van der Waals surface area (Å²) in [5.74, 6) is 0.100. The average Bonchev–Trinajstić information content (AvgIpc) is 3.17. The molecule has 0 aromatic heterocycles. The summed E-state index contributed by atoms with van der Waals surface area (Å²) in [7, 11) is 0. The molecule has 1 heterocycles. The Labute approximate surface area is 170 Å². The standard InChI is InChI=1S/C23H27FN2O3/c1-16(2)25-23(28)17-9-11-20(12-10-17)29-15-19-7-5-13-26(19)22(27)14-18-6-3-4-8-21(18)24/h3-4,6,8-12,16,19H,5,7,13-15H2,1-2H3,(H,25,28)/t19-/m1/s1. The number of likely N-dealkylation sites (tertiary alicyclic amines) is 1. The minimum atomic E-state index is -0.352. The van der Waals surface area contributed by atoms with Crippen molar-refractivity contribution in [1.82, 2.24) is 10.2 Å². The molecule has 1 atom stereocenters. The maximum absolute atomic E-state index is 13.8. The van der Waals surface area contributed by atoms with E-state index in [9.17, 15) is 14.0 Å². The quantitative estimate of drug-likeness (QED) is 0.776. The highest BCUT2D eigenvalue weighted by Gasteiger charge is 2.29. The van der Waals surface area contributed by atoms with E-state index in [-0.39, 0.29) is 36.1 Å². The average molecular weight is 398 g/mol. The second-order valence-corrected chi connectivity index (χ2v) is 7.61. The van der Waals surface area contributed by atoms with Crippen molar-refractivity contribution in [2.45, 2.75) is 45.2 Å². The zero-order valence-electron chi connectivity index (χ0n) is 16.9. The van der Waals surface area contributed by atoms with Crippen LogP contribution < -0.4 is 10.1 Å². The van der Waals surface area contributed by atoms with Crippen LogP contribution in [0.25, 0.3) is 0 Å². The Balaban J connectivity index is 1.55. The Bertz CT molecular complexity index is 851. The van der Waals surface area contributed by atoms with Crippen molar-refractivity contribution in [3.05, 3.63) is 65.5 Å². The maximum atomic E-state index is 13.8. The lowest BCUT2D eigenvalue weighted by atomic mass is 10.1. The van der Waals surface area contributed by atoms with Crippen LogP contribution in [-0.2, 0) is 11.2 Å². The van der Waals surface area contributed by atoms with Gasteiger partial charge < -0.3 is 15.0 Å². The molecule has 0 bridgehead atoms. The number of amides is 2. The van der Waals surface area contributed by atoms with E-state index in [2.05, 4.69) is 5.32 Å². The van der Waals surface area contributed by atoms with Crippen LogP contribution in [0.5, 0.6) is 5.75 Å². The van der Waals surface area contributed by atoms with E-state index in [1.807, 2.05) is 13.8 Å². The van der Waals surface area contributed by atoms with Gasteiger partial charge in [0.2, 0.25) is 5.91 Å². The number of hydrogen-bond donors (Lipinski definition) is 1. The third kappa shape index (κ3) is 5.56. The highest BCUT2D eigenvalue weighted by atomic mass is 19.1. The molecule has 5 nitrogen and oxygen atoms in total. The molecule has 0 spiro atoms. The number of ether oxygens (including phenoxy) is 1. The molecular weight excluding hydrogens is 371 g/mol. The fourth-order valence-electron chi connectivity index (χ4n) is 3.48. The lowest BCUT2D eigenvalue weighted by Gasteiger charge is -2.25. The first kappa shape index (κ1) is 20.8. The first-order valence-corrected chi connectivity index (χ1v) is 10.0. The Kier molecular flexibility index (Phi) is 6.86. The van der Waals surface area contributed by atoms with Crippen LogP contribution in [0, 0.1) is 5.82 Å². The molecule has 0 unspecified atom stereocenters. The van der Waals surface area contributed by atoms with E-state index in [1.54, 1.807) is 47.4 Å². The molecule has 2 aromatic rings. The van der Waals surface area contributed by atoms with Gasteiger partial charge in [0.25, 0.3) is 5.91 Å². The molecule has 0 aliphatic carbocycles. The smallest absolute Gasteiger partial charge is 0.251 e. The van der Waals surface area contributed by atoms with Crippen LogP contribution in [0.15, 0.2) is 48.5 Å². The zero-order chi connectivity index (χ0) is 20.8. The summed E-state index contributed by atoms with van der Waals surface area (Å²) in [6.45, 7) is 4.86. The van der Waals surface area contributed by atoms with Gasteiger partial charge in [-0.15, -0.1) is 0 Å². The minimum absolute atomic E-state index is 0.0295. The third-order valence-corrected chi connectivity index (χ3v) is 4.98. The predicted octanol–water partition coefficient (Wildman–Crippen LogP) is 3.58. The monoisotopic (exact) mass is 398 g/mol. The van der Waals surface area contributed by atoms with Gasteiger partial charge in [-0.2, -0.15) is 0 Å². The second-order valence-electron chi connectivity index (χ2n) is 7.61. The van der Waals surface area contributed by atoms with Crippen molar-refractivity contribution in [2.75, 3.05) is 13.2 Å². The molecule has 2 amide bonds. The van der Waals surface area contributed by atoms with E-state index in [0.717, 1.165) is 12.8 Å². The molecule has 0 saturated carbocycles. The molecular formula is C23H27FN2O3. The first-order valence-electron chi connectivity index (χ1n) is 10.0. The van der Waals surface area contributed by atoms with Gasteiger partial charge in [-0.1, -0.05) is 18.2 Å². The molecule has 6 heteroatoms. The summed E-state index contributed by atoms with van der Waals surface area (Å²) in [6, 6.07) is 13.4. The summed E-state index contributed by atoms with van der Waals surface area (Å²) in [5.41, 5.74) is 0.993. The van der Waals surface area contributed by atoms with Gasteiger partial charge in [-0.3, -0.25) is 9.59 Å². The number of nitrogens with zero attached hydrogens (tertiary/aromatic N) is 1. The van der Waals surface area contributed by atoms with E-state index >= 15 is 0 Å². The Morgan fingerprint density at radius 2 is 1.90 bits per heavy atom.